The Kier molecular flexibility index (Phi) is 7.04. The van der Waals surface area contributed by atoms with Crippen molar-refractivity contribution < 1.29 is 31.9 Å². The molecule has 2 aromatic carbocycles. The average Bonchev–Trinajstić information content (AvgIpc) is 2.75. The number of hydrogen-bond acceptors (Lipinski definition) is 6. The Balaban J connectivity index is 1.69. The van der Waals surface area contributed by atoms with Crippen molar-refractivity contribution >= 4 is 27.6 Å². The second kappa shape index (κ2) is 9.54. The molecule has 166 valence electrons. The van der Waals surface area contributed by atoms with Crippen molar-refractivity contribution in [3.63, 3.8) is 0 Å². The van der Waals surface area contributed by atoms with Crippen LogP contribution >= 0.6 is 0 Å². The molecular formula is C21H23FN2O6S. The summed E-state index contributed by atoms with van der Waals surface area (Å²) in [4.78, 5) is 24.2. The quantitative estimate of drug-likeness (QED) is 0.678. The molecule has 3 rings (SSSR count). The van der Waals surface area contributed by atoms with Crippen molar-refractivity contribution in [3.8, 4) is 0 Å². The number of amides is 1. The Hall–Kier alpha value is -2.82. The fraction of sp³-hybridized carbons (Fsp3) is 0.333. The van der Waals surface area contributed by atoms with Crippen molar-refractivity contribution in [2.24, 2.45) is 0 Å². The Morgan fingerprint density at radius 2 is 1.84 bits per heavy atom. The van der Waals surface area contributed by atoms with E-state index in [2.05, 4.69) is 5.32 Å². The predicted molar refractivity (Wildman–Crippen MR) is 111 cm³/mol. The molecule has 10 heteroatoms. The number of halogens is 1. The number of hydrogen-bond donors (Lipinski definition) is 1. The molecule has 1 aliphatic rings. The standard InChI is InChI=1S/C21H23FN2O6S/c1-14-3-4-15(2)19(11-14)23-20(25)13-30-21(26)17-12-16(5-6-18(17)22)31(27,28)24-7-9-29-10-8-24/h3-6,11-12H,7-10,13H2,1-2H3,(H,23,25). The number of benzene rings is 2. The summed E-state index contributed by atoms with van der Waals surface area (Å²) in [5, 5.41) is 2.63. The van der Waals surface area contributed by atoms with Crippen LogP contribution in [0.2, 0.25) is 0 Å². The number of sulfonamides is 1. The van der Waals surface area contributed by atoms with Gasteiger partial charge in [-0.3, -0.25) is 4.79 Å². The third kappa shape index (κ3) is 5.46. The summed E-state index contributed by atoms with van der Waals surface area (Å²) < 4.78 is 50.9. The van der Waals surface area contributed by atoms with Gasteiger partial charge < -0.3 is 14.8 Å². The van der Waals surface area contributed by atoms with E-state index in [1.807, 2.05) is 26.0 Å². The molecule has 31 heavy (non-hydrogen) atoms. The van der Waals surface area contributed by atoms with Gasteiger partial charge in [-0.1, -0.05) is 12.1 Å². The number of ether oxygens (including phenoxy) is 2. The number of anilines is 1. The molecule has 1 saturated heterocycles. The highest BCUT2D eigenvalue weighted by molar-refractivity contribution is 7.89. The maximum Gasteiger partial charge on any atom is 0.341 e. The van der Waals surface area contributed by atoms with E-state index in [-0.39, 0.29) is 31.2 Å². The van der Waals surface area contributed by atoms with Gasteiger partial charge in [-0.05, 0) is 49.2 Å². The topological polar surface area (TPSA) is 102 Å². The molecule has 1 heterocycles. The molecule has 8 nitrogen and oxygen atoms in total. The summed E-state index contributed by atoms with van der Waals surface area (Å²) >= 11 is 0. The van der Waals surface area contributed by atoms with Crippen LogP contribution in [0.4, 0.5) is 10.1 Å². The number of nitrogens with one attached hydrogen (secondary N) is 1. The zero-order valence-electron chi connectivity index (χ0n) is 17.2. The lowest BCUT2D eigenvalue weighted by atomic mass is 10.1. The Morgan fingerprint density at radius 3 is 2.55 bits per heavy atom. The van der Waals surface area contributed by atoms with Crippen LogP contribution in [0.5, 0.6) is 0 Å². The number of rotatable bonds is 6. The molecule has 1 fully saturated rings. The molecule has 1 amide bonds. The first-order chi connectivity index (χ1) is 14.7. The zero-order valence-corrected chi connectivity index (χ0v) is 18.0. The van der Waals surface area contributed by atoms with Gasteiger partial charge in [0.25, 0.3) is 5.91 Å². The minimum Gasteiger partial charge on any atom is -0.452 e. The number of morpholine rings is 1. The monoisotopic (exact) mass is 450 g/mol. The van der Waals surface area contributed by atoms with Gasteiger partial charge in [0.1, 0.15) is 5.82 Å². The van der Waals surface area contributed by atoms with Gasteiger partial charge in [-0.25, -0.2) is 17.6 Å². The molecule has 0 aromatic heterocycles. The zero-order chi connectivity index (χ0) is 22.6. The third-order valence-corrected chi connectivity index (χ3v) is 6.66. The van der Waals surface area contributed by atoms with Crippen LogP contribution < -0.4 is 5.32 Å². The maximum atomic E-state index is 14.2. The molecule has 1 aliphatic heterocycles. The summed E-state index contributed by atoms with van der Waals surface area (Å²) in [6, 6.07) is 8.41. The number of nitrogens with zero attached hydrogens (tertiary/aromatic N) is 1. The van der Waals surface area contributed by atoms with E-state index in [0.29, 0.717) is 5.69 Å². The lowest BCUT2D eigenvalue weighted by Crippen LogP contribution is -2.40. The van der Waals surface area contributed by atoms with Crippen LogP contribution in [-0.4, -0.2) is 57.5 Å². The van der Waals surface area contributed by atoms with E-state index in [4.69, 9.17) is 9.47 Å². The largest absolute Gasteiger partial charge is 0.452 e. The first-order valence-electron chi connectivity index (χ1n) is 9.60. The number of esters is 1. The van der Waals surface area contributed by atoms with E-state index in [1.54, 1.807) is 6.07 Å². The SMILES string of the molecule is Cc1ccc(C)c(NC(=O)COC(=O)c2cc(S(=O)(=O)N3CCOCC3)ccc2F)c1. The van der Waals surface area contributed by atoms with E-state index >= 15 is 0 Å². The minimum atomic E-state index is -3.92. The van der Waals surface area contributed by atoms with Crippen molar-refractivity contribution in [2.75, 3.05) is 38.2 Å². The molecule has 0 spiro atoms. The predicted octanol–water partition coefficient (Wildman–Crippen LogP) is 2.26. The first kappa shape index (κ1) is 22.9. The number of carbonyl (C=O) groups excluding carboxylic acids is 2. The Bertz CT molecular complexity index is 1100. The van der Waals surface area contributed by atoms with Gasteiger partial charge in [0.2, 0.25) is 10.0 Å². The van der Waals surface area contributed by atoms with Gasteiger partial charge in [0, 0.05) is 18.8 Å². The van der Waals surface area contributed by atoms with Crippen molar-refractivity contribution in [3.05, 3.63) is 58.9 Å². The normalized spacial score (nSPS) is 14.8. The van der Waals surface area contributed by atoms with Crippen LogP contribution in [-0.2, 0) is 24.3 Å². The van der Waals surface area contributed by atoms with Crippen molar-refractivity contribution in [1.82, 2.24) is 4.31 Å². The van der Waals surface area contributed by atoms with E-state index in [1.165, 1.54) is 4.31 Å². The second-order valence-electron chi connectivity index (χ2n) is 7.10. The fourth-order valence-corrected chi connectivity index (χ4v) is 4.46. The molecular weight excluding hydrogens is 427 g/mol. The minimum absolute atomic E-state index is 0.165. The second-order valence-corrected chi connectivity index (χ2v) is 9.04. The molecule has 0 atom stereocenters. The highest BCUT2D eigenvalue weighted by atomic mass is 32.2. The first-order valence-corrected chi connectivity index (χ1v) is 11.0. The molecule has 2 aromatic rings. The van der Waals surface area contributed by atoms with Crippen molar-refractivity contribution in [1.29, 1.82) is 0 Å². The van der Waals surface area contributed by atoms with Crippen LogP contribution in [0.1, 0.15) is 21.5 Å². The van der Waals surface area contributed by atoms with E-state index in [9.17, 15) is 22.4 Å². The van der Waals surface area contributed by atoms with Gasteiger partial charge in [0.05, 0.1) is 23.7 Å². The smallest absolute Gasteiger partial charge is 0.341 e. The average molecular weight is 450 g/mol. The highest BCUT2D eigenvalue weighted by Crippen LogP contribution is 2.21. The van der Waals surface area contributed by atoms with Gasteiger partial charge in [-0.15, -0.1) is 0 Å². The Labute approximate surface area is 180 Å². The van der Waals surface area contributed by atoms with Gasteiger partial charge in [0.15, 0.2) is 6.61 Å². The highest BCUT2D eigenvalue weighted by Gasteiger charge is 2.28. The van der Waals surface area contributed by atoms with Gasteiger partial charge in [-0.2, -0.15) is 4.31 Å². The lowest BCUT2D eigenvalue weighted by molar-refractivity contribution is -0.119. The van der Waals surface area contributed by atoms with E-state index in [0.717, 1.165) is 29.3 Å². The summed E-state index contributed by atoms with van der Waals surface area (Å²) in [5.41, 5.74) is 1.79. The van der Waals surface area contributed by atoms with Gasteiger partial charge >= 0.3 is 5.97 Å². The third-order valence-electron chi connectivity index (χ3n) is 4.77. The molecule has 0 unspecified atom stereocenters. The van der Waals surface area contributed by atoms with Crippen LogP contribution in [0, 0.1) is 19.7 Å². The number of aryl methyl sites for hydroxylation is 2. The van der Waals surface area contributed by atoms with Crippen LogP contribution in [0.3, 0.4) is 0 Å². The van der Waals surface area contributed by atoms with Crippen LogP contribution in [0.15, 0.2) is 41.3 Å². The molecule has 0 aliphatic carbocycles. The molecule has 0 saturated carbocycles. The van der Waals surface area contributed by atoms with Crippen LogP contribution in [0.25, 0.3) is 0 Å². The summed E-state index contributed by atoms with van der Waals surface area (Å²) in [6.07, 6.45) is 0. The van der Waals surface area contributed by atoms with E-state index < -0.39 is 39.9 Å². The maximum absolute atomic E-state index is 14.2. The number of carbonyl (C=O) groups is 2. The summed E-state index contributed by atoms with van der Waals surface area (Å²) in [7, 11) is -3.92. The summed E-state index contributed by atoms with van der Waals surface area (Å²) in [5.74, 6) is -2.67. The Morgan fingerprint density at radius 1 is 1.13 bits per heavy atom. The van der Waals surface area contributed by atoms with Crippen molar-refractivity contribution in [2.45, 2.75) is 18.7 Å². The fourth-order valence-electron chi connectivity index (χ4n) is 3.02. The summed E-state index contributed by atoms with van der Waals surface area (Å²) in [6.45, 7) is 3.88. The molecule has 0 bridgehead atoms. The molecule has 1 N–H and O–H groups in total. The lowest BCUT2D eigenvalue weighted by Gasteiger charge is -2.26. The molecule has 0 radical (unpaired) electrons.